The lowest BCUT2D eigenvalue weighted by atomic mass is 9.99. The number of carbonyl (C=O) groups excluding carboxylic acids is 2. The van der Waals surface area contributed by atoms with Crippen LogP contribution in [0.4, 0.5) is 0 Å². The number of carbonyl (C=O) groups is 2. The van der Waals surface area contributed by atoms with Crippen LogP contribution in [0.3, 0.4) is 0 Å². The lowest BCUT2D eigenvalue weighted by Gasteiger charge is -2.25. The first kappa shape index (κ1) is 20.1. The minimum Gasteiger partial charge on any atom is -0.381 e. The van der Waals surface area contributed by atoms with Crippen LogP contribution in [0.2, 0.25) is 0 Å². The average Bonchev–Trinajstić information content (AvgIpc) is 2.54. The SMILES string of the molecule is CCNC(=O)C(O)C(Cc1ccccc1)NC(=O)C(N)CC(C)C. The highest BCUT2D eigenvalue weighted by molar-refractivity contribution is 5.85. The molecule has 0 aliphatic carbocycles. The third-order valence-electron chi connectivity index (χ3n) is 3.69. The van der Waals surface area contributed by atoms with Crippen LogP contribution in [-0.2, 0) is 16.0 Å². The fourth-order valence-electron chi connectivity index (χ4n) is 2.48. The van der Waals surface area contributed by atoms with Crippen LogP contribution in [0.1, 0.15) is 32.8 Å². The van der Waals surface area contributed by atoms with Gasteiger partial charge >= 0.3 is 0 Å². The summed E-state index contributed by atoms with van der Waals surface area (Å²) >= 11 is 0. The van der Waals surface area contributed by atoms with Gasteiger partial charge in [-0.2, -0.15) is 0 Å². The summed E-state index contributed by atoms with van der Waals surface area (Å²) in [5, 5.41) is 15.6. The summed E-state index contributed by atoms with van der Waals surface area (Å²) in [7, 11) is 0. The monoisotopic (exact) mass is 335 g/mol. The molecule has 1 rings (SSSR count). The number of hydrogen-bond acceptors (Lipinski definition) is 4. The molecular weight excluding hydrogens is 306 g/mol. The zero-order chi connectivity index (χ0) is 18.1. The predicted molar refractivity (Wildman–Crippen MR) is 94.2 cm³/mol. The molecule has 1 aromatic carbocycles. The van der Waals surface area contributed by atoms with Crippen LogP contribution in [0.5, 0.6) is 0 Å². The summed E-state index contributed by atoms with van der Waals surface area (Å²) in [4.78, 5) is 24.2. The predicted octanol–water partition coefficient (Wildman–Crippen LogP) is 0.584. The van der Waals surface area contributed by atoms with Gasteiger partial charge in [0.15, 0.2) is 6.10 Å². The lowest BCUT2D eigenvalue weighted by molar-refractivity contribution is -0.132. The molecule has 5 N–H and O–H groups in total. The van der Waals surface area contributed by atoms with Gasteiger partial charge in [0.1, 0.15) is 0 Å². The largest absolute Gasteiger partial charge is 0.381 e. The fraction of sp³-hybridized carbons (Fsp3) is 0.556. The van der Waals surface area contributed by atoms with E-state index in [1.807, 2.05) is 44.2 Å². The number of likely N-dealkylation sites (N-methyl/N-ethyl adjacent to an activating group) is 1. The number of nitrogens with two attached hydrogens (primary N) is 1. The highest BCUT2D eigenvalue weighted by atomic mass is 16.3. The molecule has 0 aliphatic rings. The molecule has 0 spiro atoms. The van der Waals surface area contributed by atoms with E-state index in [9.17, 15) is 14.7 Å². The number of hydrogen-bond donors (Lipinski definition) is 4. The van der Waals surface area contributed by atoms with Gasteiger partial charge < -0.3 is 21.5 Å². The molecule has 0 saturated heterocycles. The molecule has 134 valence electrons. The van der Waals surface area contributed by atoms with E-state index in [-0.39, 0.29) is 11.8 Å². The Morgan fingerprint density at radius 3 is 2.33 bits per heavy atom. The molecule has 0 bridgehead atoms. The van der Waals surface area contributed by atoms with Crippen molar-refractivity contribution in [3.63, 3.8) is 0 Å². The maximum atomic E-state index is 12.3. The quantitative estimate of drug-likeness (QED) is 0.530. The van der Waals surface area contributed by atoms with Gasteiger partial charge in [-0.25, -0.2) is 0 Å². The lowest BCUT2D eigenvalue weighted by Crippen LogP contribution is -2.55. The smallest absolute Gasteiger partial charge is 0.250 e. The molecule has 24 heavy (non-hydrogen) atoms. The summed E-state index contributed by atoms with van der Waals surface area (Å²) in [6.07, 6.45) is -0.444. The zero-order valence-corrected chi connectivity index (χ0v) is 14.7. The Morgan fingerprint density at radius 2 is 1.79 bits per heavy atom. The number of benzene rings is 1. The van der Waals surface area contributed by atoms with Crippen molar-refractivity contribution in [2.75, 3.05) is 6.54 Å². The van der Waals surface area contributed by atoms with E-state index >= 15 is 0 Å². The highest BCUT2D eigenvalue weighted by Crippen LogP contribution is 2.09. The summed E-state index contributed by atoms with van der Waals surface area (Å²) in [6, 6.07) is 8.01. The van der Waals surface area contributed by atoms with E-state index in [0.29, 0.717) is 19.4 Å². The molecule has 0 heterocycles. The van der Waals surface area contributed by atoms with Crippen LogP contribution in [0.15, 0.2) is 30.3 Å². The van der Waals surface area contributed by atoms with Gasteiger partial charge in [0.25, 0.3) is 5.91 Å². The van der Waals surface area contributed by atoms with Crippen molar-refractivity contribution in [2.24, 2.45) is 11.7 Å². The summed E-state index contributed by atoms with van der Waals surface area (Å²) in [6.45, 7) is 6.15. The molecule has 2 amide bonds. The molecule has 0 saturated carbocycles. The number of amides is 2. The minimum absolute atomic E-state index is 0.284. The van der Waals surface area contributed by atoms with E-state index in [1.165, 1.54) is 0 Å². The van der Waals surface area contributed by atoms with E-state index in [0.717, 1.165) is 5.56 Å². The van der Waals surface area contributed by atoms with Crippen LogP contribution in [0.25, 0.3) is 0 Å². The second-order valence-corrected chi connectivity index (χ2v) is 6.38. The van der Waals surface area contributed by atoms with E-state index in [1.54, 1.807) is 6.92 Å². The normalized spacial score (nSPS) is 14.8. The van der Waals surface area contributed by atoms with Gasteiger partial charge in [0.2, 0.25) is 5.91 Å². The van der Waals surface area contributed by atoms with Crippen molar-refractivity contribution >= 4 is 11.8 Å². The van der Waals surface area contributed by atoms with Crippen LogP contribution < -0.4 is 16.4 Å². The Hall–Kier alpha value is -1.92. The second-order valence-electron chi connectivity index (χ2n) is 6.38. The maximum absolute atomic E-state index is 12.3. The first-order chi connectivity index (χ1) is 11.3. The van der Waals surface area contributed by atoms with Gasteiger partial charge in [-0.15, -0.1) is 0 Å². The Kier molecular flexibility index (Phi) is 8.43. The van der Waals surface area contributed by atoms with Gasteiger partial charge in [0.05, 0.1) is 12.1 Å². The van der Waals surface area contributed by atoms with Crippen LogP contribution >= 0.6 is 0 Å². The van der Waals surface area contributed by atoms with Crippen molar-refractivity contribution in [2.45, 2.75) is 51.8 Å². The summed E-state index contributed by atoms with van der Waals surface area (Å²) in [5.74, 6) is -0.573. The van der Waals surface area contributed by atoms with Crippen molar-refractivity contribution in [3.8, 4) is 0 Å². The van der Waals surface area contributed by atoms with E-state index < -0.39 is 24.1 Å². The van der Waals surface area contributed by atoms with Crippen molar-refractivity contribution in [3.05, 3.63) is 35.9 Å². The summed E-state index contributed by atoms with van der Waals surface area (Å²) in [5.41, 5.74) is 6.82. The Bertz CT molecular complexity index is 520. The van der Waals surface area contributed by atoms with Crippen LogP contribution in [0, 0.1) is 5.92 Å². The highest BCUT2D eigenvalue weighted by Gasteiger charge is 2.29. The van der Waals surface area contributed by atoms with Crippen molar-refractivity contribution < 1.29 is 14.7 Å². The van der Waals surface area contributed by atoms with Gasteiger partial charge in [0, 0.05) is 6.54 Å². The molecule has 6 nitrogen and oxygen atoms in total. The number of aliphatic hydroxyl groups excluding tert-OH is 1. The molecule has 3 atom stereocenters. The van der Waals surface area contributed by atoms with Gasteiger partial charge in [-0.1, -0.05) is 44.2 Å². The molecule has 1 aromatic rings. The topological polar surface area (TPSA) is 104 Å². The minimum atomic E-state index is -1.33. The first-order valence-electron chi connectivity index (χ1n) is 8.40. The molecule has 6 heteroatoms. The maximum Gasteiger partial charge on any atom is 0.250 e. The third-order valence-corrected chi connectivity index (χ3v) is 3.69. The Labute approximate surface area is 143 Å². The van der Waals surface area contributed by atoms with E-state index in [4.69, 9.17) is 5.73 Å². The number of rotatable bonds is 9. The summed E-state index contributed by atoms with van der Waals surface area (Å²) < 4.78 is 0. The zero-order valence-electron chi connectivity index (χ0n) is 14.7. The molecule has 0 aromatic heterocycles. The third kappa shape index (κ3) is 6.68. The molecule has 0 fully saturated rings. The molecular formula is C18H29N3O3. The van der Waals surface area contributed by atoms with Gasteiger partial charge in [-0.05, 0) is 31.2 Å². The molecule has 0 radical (unpaired) electrons. The first-order valence-corrected chi connectivity index (χ1v) is 8.40. The van der Waals surface area contributed by atoms with Crippen molar-refractivity contribution in [1.29, 1.82) is 0 Å². The number of nitrogens with one attached hydrogen (secondary N) is 2. The number of aliphatic hydroxyl groups is 1. The Balaban J connectivity index is 2.84. The molecule has 0 aliphatic heterocycles. The Morgan fingerprint density at radius 1 is 1.17 bits per heavy atom. The standard InChI is InChI=1S/C18H29N3O3/c1-4-20-18(24)16(22)15(11-13-8-6-5-7-9-13)21-17(23)14(19)10-12(2)3/h5-9,12,14-16,22H,4,10-11,19H2,1-3H3,(H,20,24)(H,21,23). The van der Waals surface area contributed by atoms with E-state index in [2.05, 4.69) is 10.6 Å². The van der Waals surface area contributed by atoms with Gasteiger partial charge in [-0.3, -0.25) is 9.59 Å². The van der Waals surface area contributed by atoms with Crippen LogP contribution in [-0.4, -0.2) is 41.7 Å². The van der Waals surface area contributed by atoms with Crippen molar-refractivity contribution in [1.82, 2.24) is 10.6 Å². The average molecular weight is 335 g/mol. The molecule has 3 unspecified atom stereocenters. The second kappa shape index (κ2) is 10.1. The fourth-order valence-corrected chi connectivity index (χ4v) is 2.48.